The number of thioether (sulfide) groups is 1. The molecular weight excluding hydrogens is 220 g/mol. The molecule has 1 rings (SSSR count). The average molecular weight is 246 g/mol. The molecule has 0 bridgehead atoms. The number of thiol groups is 1. The van der Waals surface area contributed by atoms with Crippen molar-refractivity contribution in [2.24, 2.45) is 11.3 Å². The summed E-state index contributed by atoms with van der Waals surface area (Å²) in [4.78, 5) is 0. The molecule has 0 saturated heterocycles. The zero-order valence-corrected chi connectivity index (χ0v) is 12.2. The summed E-state index contributed by atoms with van der Waals surface area (Å²) in [7, 11) is 0. The first-order valence-corrected chi connectivity index (χ1v) is 8.00. The maximum absolute atomic E-state index is 4.59. The van der Waals surface area contributed by atoms with Crippen molar-refractivity contribution in [3.63, 3.8) is 0 Å². The first-order valence-electron chi connectivity index (χ1n) is 6.32. The Balaban J connectivity index is 2.38. The fourth-order valence-corrected chi connectivity index (χ4v) is 4.12. The van der Waals surface area contributed by atoms with Crippen molar-refractivity contribution in [2.45, 2.75) is 58.1 Å². The standard InChI is InChI=1S/C13H26S2/c1-11(2)12(3)15-10-13(9-14)7-5-4-6-8-13/h11-12,14H,4-10H2,1-3H3. The molecule has 0 nitrogen and oxygen atoms in total. The Morgan fingerprint density at radius 3 is 2.20 bits per heavy atom. The molecule has 1 aliphatic rings. The van der Waals surface area contributed by atoms with Gasteiger partial charge in [-0.15, -0.1) is 0 Å². The highest BCUT2D eigenvalue weighted by Crippen LogP contribution is 2.41. The van der Waals surface area contributed by atoms with Crippen molar-refractivity contribution >= 4 is 24.4 Å². The second kappa shape index (κ2) is 6.44. The van der Waals surface area contributed by atoms with Crippen molar-refractivity contribution in [1.29, 1.82) is 0 Å². The second-order valence-corrected chi connectivity index (χ2v) is 7.16. The number of rotatable bonds is 5. The summed E-state index contributed by atoms with van der Waals surface area (Å²) in [6.45, 7) is 7.02. The molecule has 0 spiro atoms. The molecule has 0 heterocycles. The lowest BCUT2D eigenvalue weighted by Gasteiger charge is -2.37. The minimum Gasteiger partial charge on any atom is -0.179 e. The van der Waals surface area contributed by atoms with Gasteiger partial charge in [-0.1, -0.05) is 40.0 Å². The van der Waals surface area contributed by atoms with E-state index in [4.69, 9.17) is 0 Å². The van der Waals surface area contributed by atoms with Gasteiger partial charge in [0, 0.05) is 5.25 Å². The van der Waals surface area contributed by atoms with Crippen LogP contribution in [-0.4, -0.2) is 16.8 Å². The normalized spacial score (nSPS) is 23.0. The first-order chi connectivity index (χ1) is 7.09. The van der Waals surface area contributed by atoms with Gasteiger partial charge in [-0.3, -0.25) is 0 Å². The molecule has 1 fully saturated rings. The summed E-state index contributed by atoms with van der Waals surface area (Å²) >= 11 is 6.76. The lowest BCUT2D eigenvalue weighted by Crippen LogP contribution is -2.30. The Hall–Kier alpha value is 0.700. The highest BCUT2D eigenvalue weighted by Gasteiger charge is 2.31. The van der Waals surface area contributed by atoms with E-state index in [1.165, 1.54) is 37.9 Å². The van der Waals surface area contributed by atoms with Gasteiger partial charge in [0.05, 0.1) is 0 Å². The van der Waals surface area contributed by atoms with E-state index in [0.717, 1.165) is 16.9 Å². The largest absolute Gasteiger partial charge is 0.179 e. The Bertz CT molecular complexity index is 171. The minimum atomic E-state index is 0.565. The summed E-state index contributed by atoms with van der Waals surface area (Å²) in [6.07, 6.45) is 7.12. The second-order valence-electron chi connectivity index (χ2n) is 5.48. The fraction of sp³-hybridized carbons (Fsp3) is 1.00. The maximum Gasteiger partial charge on any atom is 0.00419 e. The van der Waals surface area contributed by atoms with Gasteiger partial charge in [-0.2, -0.15) is 24.4 Å². The zero-order chi connectivity index (χ0) is 11.3. The monoisotopic (exact) mass is 246 g/mol. The van der Waals surface area contributed by atoms with E-state index in [2.05, 4.69) is 45.2 Å². The summed E-state index contributed by atoms with van der Waals surface area (Å²) in [5.41, 5.74) is 0.565. The summed E-state index contributed by atoms with van der Waals surface area (Å²) < 4.78 is 0. The van der Waals surface area contributed by atoms with Crippen LogP contribution in [0.4, 0.5) is 0 Å². The lowest BCUT2D eigenvalue weighted by atomic mass is 9.77. The third-order valence-corrected chi connectivity index (χ3v) is 6.36. The van der Waals surface area contributed by atoms with Crippen LogP contribution < -0.4 is 0 Å². The van der Waals surface area contributed by atoms with Crippen LogP contribution in [0, 0.1) is 11.3 Å². The SMILES string of the molecule is CC(C)C(C)SCC1(CS)CCCCC1. The van der Waals surface area contributed by atoms with Crippen molar-refractivity contribution in [3.05, 3.63) is 0 Å². The van der Waals surface area contributed by atoms with Gasteiger partial charge in [0.1, 0.15) is 0 Å². The van der Waals surface area contributed by atoms with E-state index in [1.807, 2.05) is 0 Å². The molecule has 1 saturated carbocycles. The van der Waals surface area contributed by atoms with E-state index in [-0.39, 0.29) is 0 Å². The van der Waals surface area contributed by atoms with Gasteiger partial charge in [0.2, 0.25) is 0 Å². The van der Waals surface area contributed by atoms with E-state index < -0.39 is 0 Å². The molecule has 2 heteroatoms. The Kier molecular flexibility index (Phi) is 5.91. The molecule has 0 N–H and O–H groups in total. The molecule has 0 aromatic rings. The first kappa shape index (κ1) is 13.8. The van der Waals surface area contributed by atoms with Crippen LogP contribution in [0.3, 0.4) is 0 Å². The molecule has 0 radical (unpaired) electrons. The van der Waals surface area contributed by atoms with Gasteiger partial charge in [-0.05, 0) is 35.7 Å². The summed E-state index contributed by atoms with van der Waals surface area (Å²) in [5.74, 6) is 3.22. The van der Waals surface area contributed by atoms with Gasteiger partial charge in [0.15, 0.2) is 0 Å². The van der Waals surface area contributed by atoms with Gasteiger partial charge in [-0.25, -0.2) is 0 Å². The zero-order valence-electron chi connectivity index (χ0n) is 10.5. The van der Waals surface area contributed by atoms with Crippen LogP contribution in [0.2, 0.25) is 0 Å². The third-order valence-electron chi connectivity index (χ3n) is 3.84. The van der Waals surface area contributed by atoms with E-state index in [9.17, 15) is 0 Å². The van der Waals surface area contributed by atoms with Crippen LogP contribution in [0.1, 0.15) is 52.9 Å². The quantitative estimate of drug-likeness (QED) is 0.689. The smallest absolute Gasteiger partial charge is 0.00419 e. The molecule has 0 aromatic carbocycles. The highest BCUT2D eigenvalue weighted by molar-refractivity contribution is 7.99. The summed E-state index contributed by atoms with van der Waals surface area (Å²) in [5, 5.41) is 0.795. The molecule has 0 aliphatic heterocycles. The number of hydrogen-bond donors (Lipinski definition) is 1. The predicted octanol–water partition coefficient (Wildman–Crippen LogP) is 4.64. The molecule has 1 unspecified atom stereocenters. The van der Waals surface area contributed by atoms with Crippen LogP contribution in [0.25, 0.3) is 0 Å². The molecule has 0 aromatic heterocycles. The van der Waals surface area contributed by atoms with Crippen molar-refractivity contribution in [1.82, 2.24) is 0 Å². The highest BCUT2D eigenvalue weighted by atomic mass is 32.2. The lowest BCUT2D eigenvalue weighted by molar-refractivity contribution is 0.258. The molecule has 1 atom stereocenters. The van der Waals surface area contributed by atoms with Crippen LogP contribution in [0.15, 0.2) is 0 Å². The third kappa shape index (κ3) is 4.22. The maximum atomic E-state index is 4.59. The van der Waals surface area contributed by atoms with E-state index in [0.29, 0.717) is 5.41 Å². The topological polar surface area (TPSA) is 0 Å². The molecular formula is C13H26S2. The summed E-state index contributed by atoms with van der Waals surface area (Å²) in [6, 6.07) is 0. The predicted molar refractivity (Wildman–Crippen MR) is 76.1 cm³/mol. The number of hydrogen-bond acceptors (Lipinski definition) is 2. The molecule has 15 heavy (non-hydrogen) atoms. The van der Waals surface area contributed by atoms with Crippen LogP contribution in [0.5, 0.6) is 0 Å². The molecule has 90 valence electrons. The Morgan fingerprint density at radius 1 is 1.13 bits per heavy atom. The van der Waals surface area contributed by atoms with E-state index in [1.54, 1.807) is 0 Å². The fourth-order valence-electron chi connectivity index (χ4n) is 2.15. The van der Waals surface area contributed by atoms with Gasteiger partial charge >= 0.3 is 0 Å². The van der Waals surface area contributed by atoms with Crippen molar-refractivity contribution in [2.75, 3.05) is 11.5 Å². The van der Waals surface area contributed by atoms with Crippen LogP contribution >= 0.6 is 24.4 Å². The van der Waals surface area contributed by atoms with Crippen molar-refractivity contribution < 1.29 is 0 Å². The average Bonchev–Trinajstić information content (AvgIpc) is 2.27. The Morgan fingerprint density at radius 2 is 1.73 bits per heavy atom. The molecule has 1 aliphatic carbocycles. The minimum absolute atomic E-state index is 0.565. The van der Waals surface area contributed by atoms with Crippen molar-refractivity contribution in [3.8, 4) is 0 Å². The van der Waals surface area contributed by atoms with Gasteiger partial charge < -0.3 is 0 Å². The Labute approximate surface area is 105 Å². The van der Waals surface area contributed by atoms with Gasteiger partial charge in [0.25, 0.3) is 0 Å². The van der Waals surface area contributed by atoms with Crippen LogP contribution in [-0.2, 0) is 0 Å². The van der Waals surface area contributed by atoms with E-state index >= 15 is 0 Å². The molecule has 0 amide bonds.